The molecular weight excluding hydrogens is 442 g/mol. The number of nitrogens with one attached hydrogen (secondary N) is 1. The van der Waals surface area contributed by atoms with E-state index in [1.165, 1.54) is 16.2 Å². The number of ether oxygens (including phenoxy) is 2. The number of aryl methyl sites for hydroxylation is 1. The number of carbonyl (C=O) groups is 2. The normalized spacial score (nSPS) is 13.3. The summed E-state index contributed by atoms with van der Waals surface area (Å²) >= 11 is 1.49. The van der Waals surface area contributed by atoms with Crippen molar-refractivity contribution >= 4 is 33.9 Å². The van der Waals surface area contributed by atoms with Crippen LogP contribution in [0.2, 0.25) is 0 Å². The van der Waals surface area contributed by atoms with E-state index in [1.54, 1.807) is 32.6 Å². The zero-order valence-electron chi connectivity index (χ0n) is 18.9. The topological polar surface area (TPSA) is 93.4 Å². The van der Waals surface area contributed by atoms with Gasteiger partial charge in [0.15, 0.2) is 11.5 Å². The number of thiophene rings is 1. The van der Waals surface area contributed by atoms with Gasteiger partial charge in [-0.15, -0.1) is 11.3 Å². The summed E-state index contributed by atoms with van der Waals surface area (Å²) in [5.74, 6) is 1.33. The van der Waals surface area contributed by atoms with Crippen LogP contribution in [0.4, 0.5) is 5.00 Å². The van der Waals surface area contributed by atoms with Gasteiger partial charge in [0.05, 0.1) is 32.7 Å². The van der Waals surface area contributed by atoms with Gasteiger partial charge in [-0.2, -0.15) is 0 Å². The molecule has 0 radical (unpaired) electrons. The molecule has 0 saturated carbocycles. The lowest BCUT2D eigenvalue weighted by Crippen LogP contribution is -2.41. The van der Waals surface area contributed by atoms with Gasteiger partial charge >= 0.3 is 0 Å². The summed E-state index contributed by atoms with van der Waals surface area (Å²) in [6.07, 6.45) is 1.55. The lowest BCUT2D eigenvalue weighted by molar-refractivity contribution is -0.123. The Labute approximate surface area is 195 Å². The maximum absolute atomic E-state index is 13.0. The second kappa shape index (κ2) is 9.50. The molecule has 172 valence electrons. The smallest absolute Gasteiger partial charge is 0.249 e. The zero-order chi connectivity index (χ0) is 23.5. The highest BCUT2D eigenvalue weighted by molar-refractivity contribution is 7.17. The molecule has 0 atom stereocenters. The number of amides is 2. The molecular formula is C24H25N3O5S. The number of furan rings is 1. The molecule has 3 heterocycles. The quantitative estimate of drug-likeness (QED) is 0.574. The van der Waals surface area contributed by atoms with E-state index in [1.807, 2.05) is 32.0 Å². The molecule has 8 nitrogen and oxygen atoms in total. The van der Waals surface area contributed by atoms with Gasteiger partial charge in [-0.25, -0.2) is 0 Å². The minimum Gasteiger partial charge on any atom is -0.493 e. The number of methoxy groups -OCH3 is 2. The Morgan fingerprint density at radius 1 is 1.21 bits per heavy atom. The highest BCUT2D eigenvalue weighted by Gasteiger charge is 2.31. The van der Waals surface area contributed by atoms with Crippen LogP contribution in [0.15, 0.2) is 46.0 Å². The van der Waals surface area contributed by atoms with Gasteiger partial charge in [0.1, 0.15) is 23.9 Å². The van der Waals surface area contributed by atoms with Crippen molar-refractivity contribution in [3.8, 4) is 11.5 Å². The summed E-state index contributed by atoms with van der Waals surface area (Å²) in [7, 11) is 3.16. The lowest BCUT2D eigenvalue weighted by atomic mass is 9.99. The molecule has 1 aliphatic heterocycles. The fraction of sp³-hybridized carbons (Fsp3) is 0.292. The minimum atomic E-state index is -0.274. The molecule has 0 spiro atoms. The largest absolute Gasteiger partial charge is 0.493 e. The van der Waals surface area contributed by atoms with Crippen LogP contribution in [0.3, 0.4) is 0 Å². The van der Waals surface area contributed by atoms with E-state index in [0.717, 1.165) is 21.6 Å². The molecule has 1 aliphatic rings. The van der Waals surface area contributed by atoms with Crippen molar-refractivity contribution in [1.82, 2.24) is 5.32 Å². The van der Waals surface area contributed by atoms with E-state index in [9.17, 15) is 9.59 Å². The van der Waals surface area contributed by atoms with Gasteiger partial charge in [0.25, 0.3) is 0 Å². The van der Waals surface area contributed by atoms with E-state index < -0.39 is 0 Å². The van der Waals surface area contributed by atoms with Crippen molar-refractivity contribution in [2.75, 3.05) is 32.2 Å². The van der Waals surface area contributed by atoms with Crippen LogP contribution >= 0.6 is 11.3 Å². The number of benzene rings is 1. The number of aliphatic imine (C=N–C) groups is 1. The number of rotatable bonds is 7. The molecule has 0 aliphatic carbocycles. The van der Waals surface area contributed by atoms with Gasteiger partial charge in [-0.3, -0.25) is 19.5 Å². The molecule has 1 aromatic carbocycles. The average molecular weight is 468 g/mol. The van der Waals surface area contributed by atoms with E-state index in [-0.39, 0.29) is 31.4 Å². The Hall–Kier alpha value is -3.59. The molecule has 0 saturated heterocycles. The molecule has 4 rings (SSSR count). The Morgan fingerprint density at radius 3 is 2.70 bits per heavy atom. The van der Waals surface area contributed by atoms with E-state index in [2.05, 4.69) is 10.3 Å². The fourth-order valence-electron chi connectivity index (χ4n) is 3.68. The van der Waals surface area contributed by atoms with Crippen LogP contribution in [0.25, 0.3) is 0 Å². The van der Waals surface area contributed by atoms with E-state index in [4.69, 9.17) is 13.9 Å². The lowest BCUT2D eigenvalue weighted by Gasteiger charge is -2.20. The second-order valence-corrected chi connectivity index (χ2v) is 8.74. The van der Waals surface area contributed by atoms with Gasteiger partial charge in [0, 0.05) is 16.0 Å². The molecule has 2 aromatic heterocycles. The molecule has 9 heteroatoms. The number of nitrogens with zero attached hydrogens (tertiary/aromatic N) is 2. The molecule has 1 N–H and O–H groups in total. The van der Waals surface area contributed by atoms with Crippen molar-refractivity contribution < 1.29 is 23.5 Å². The summed E-state index contributed by atoms with van der Waals surface area (Å²) in [6, 6.07) is 9.11. The summed E-state index contributed by atoms with van der Waals surface area (Å²) < 4.78 is 16.1. The SMILES string of the molecule is COc1ccc(C2=NCC(=O)N(CC(=O)NCc3ccco3)c3sc(C)c(C)c32)cc1OC. The maximum Gasteiger partial charge on any atom is 0.249 e. The Kier molecular flexibility index (Phi) is 6.50. The van der Waals surface area contributed by atoms with Crippen molar-refractivity contribution in [1.29, 1.82) is 0 Å². The standard InChI is InChI=1S/C24H25N3O5S/c1-14-15(2)33-24-22(14)23(16-7-8-18(30-3)19(10-16)31-4)26-12-21(29)27(24)13-20(28)25-11-17-6-5-9-32-17/h5-10H,11-13H2,1-4H3,(H,25,28). The molecule has 0 bridgehead atoms. The van der Waals surface area contributed by atoms with Crippen molar-refractivity contribution in [3.05, 3.63) is 63.9 Å². The molecule has 0 fully saturated rings. The number of anilines is 1. The summed E-state index contributed by atoms with van der Waals surface area (Å²) in [5.41, 5.74) is 3.39. The third-order valence-corrected chi connectivity index (χ3v) is 6.75. The first kappa shape index (κ1) is 22.6. The number of hydrogen-bond acceptors (Lipinski definition) is 7. The van der Waals surface area contributed by atoms with Crippen molar-refractivity contribution in [2.24, 2.45) is 4.99 Å². The van der Waals surface area contributed by atoms with Crippen LogP contribution in [-0.2, 0) is 16.1 Å². The number of hydrogen-bond donors (Lipinski definition) is 1. The highest BCUT2D eigenvalue weighted by atomic mass is 32.1. The summed E-state index contributed by atoms with van der Waals surface area (Å²) in [4.78, 5) is 32.9. The maximum atomic E-state index is 13.0. The molecule has 3 aromatic rings. The third kappa shape index (κ3) is 4.49. The molecule has 0 unspecified atom stereocenters. The highest BCUT2D eigenvalue weighted by Crippen LogP contribution is 2.39. The van der Waals surface area contributed by atoms with Gasteiger partial charge < -0.3 is 19.2 Å². The van der Waals surface area contributed by atoms with Crippen LogP contribution in [0.5, 0.6) is 11.5 Å². The predicted octanol–water partition coefficient (Wildman–Crippen LogP) is 3.48. The van der Waals surface area contributed by atoms with E-state index in [0.29, 0.717) is 28.0 Å². The average Bonchev–Trinajstić information content (AvgIpc) is 3.41. The first-order valence-electron chi connectivity index (χ1n) is 10.4. The van der Waals surface area contributed by atoms with Crippen LogP contribution < -0.4 is 19.7 Å². The van der Waals surface area contributed by atoms with E-state index >= 15 is 0 Å². The van der Waals surface area contributed by atoms with Crippen LogP contribution in [-0.4, -0.2) is 44.8 Å². The molecule has 33 heavy (non-hydrogen) atoms. The van der Waals surface area contributed by atoms with Crippen LogP contribution in [0.1, 0.15) is 27.3 Å². The molecule has 2 amide bonds. The minimum absolute atomic E-state index is 0.0605. The zero-order valence-corrected chi connectivity index (χ0v) is 19.7. The number of carbonyl (C=O) groups excluding carboxylic acids is 2. The van der Waals surface area contributed by atoms with Crippen molar-refractivity contribution in [3.63, 3.8) is 0 Å². The second-order valence-electron chi connectivity index (χ2n) is 7.53. The Bertz CT molecular complexity index is 1210. The van der Waals surface area contributed by atoms with Gasteiger partial charge in [-0.1, -0.05) is 0 Å². The van der Waals surface area contributed by atoms with Gasteiger partial charge in [-0.05, 0) is 49.7 Å². The summed E-state index contributed by atoms with van der Waals surface area (Å²) in [5, 5.41) is 3.52. The third-order valence-electron chi connectivity index (χ3n) is 5.52. The summed E-state index contributed by atoms with van der Waals surface area (Å²) in [6.45, 7) is 4.11. The predicted molar refractivity (Wildman–Crippen MR) is 127 cm³/mol. The van der Waals surface area contributed by atoms with Crippen molar-refractivity contribution in [2.45, 2.75) is 20.4 Å². The number of fused-ring (bicyclic) bond motifs is 1. The first-order chi connectivity index (χ1) is 15.9. The Balaban J connectivity index is 1.67. The first-order valence-corrected chi connectivity index (χ1v) is 11.2. The monoisotopic (exact) mass is 467 g/mol. The fourth-order valence-corrected chi connectivity index (χ4v) is 4.85. The van der Waals surface area contributed by atoms with Crippen LogP contribution in [0, 0.1) is 13.8 Å². The Morgan fingerprint density at radius 2 is 2.00 bits per heavy atom. The van der Waals surface area contributed by atoms with Gasteiger partial charge in [0.2, 0.25) is 11.8 Å².